The zero-order chi connectivity index (χ0) is 10.7. The summed E-state index contributed by atoms with van der Waals surface area (Å²) >= 11 is 0. The van der Waals surface area contributed by atoms with Gasteiger partial charge in [0.05, 0.1) is 25.5 Å². The molecule has 1 aromatic heterocycles. The van der Waals surface area contributed by atoms with Crippen LogP contribution in [0.2, 0.25) is 0 Å². The zero-order valence-electron chi connectivity index (χ0n) is 9.57. The lowest BCUT2D eigenvalue weighted by Gasteiger charge is -2.26. The van der Waals surface area contributed by atoms with E-state index >= 15 is 0 Å². The quantitative estimate of drug-likeness (QED) is 0.738. The molecule has 0 atom stereocenters. The van der Waals surface area contributed by atoms with E-state index in [1.807, 2.05) is 6.92 Å². The Morgan fingerprint density at radius 2 is 2.00 bits per heavy atom. The summed E-state index contributed by atoms with van der Waals surface area (Å²) in [5.74, 6) is 0. The summed E-state index contributed by atoms with van der Waals surface area (Å²) in [6.45, 7) is 10.1. The van der Waals surface area contributed by atoms with E-state index in [0.717, 1.165) is 45.1 Å². The van der Waals surface area contributed by atoms with Crippen molar-refractivity contribution in [3.63, 3.8) is 0 Å². The van der Waals surface area contributed by atoms with Crippen molar-refractivity contribution in [2.75, 3.05) is 32.8 Å². The number of hydrogen-bond donors (Lipinski definition) is 0. The lowest BCUT2D eigenvalue weighted by Crippen LogP contribution is -2.38. The van der Waals surface area contributed by atoms with Gasteiger partial charge in [-0.05, 0) is 19.9 Å². The van der Waals surface area contributed by atoms with Gasteiger partial charge >= 0.3 is 0 Å². The minimum absolute atomic E-state index is 0.872. The first-order valence-electron chi connectivity index (χ1n) is 5.57. The first-order chi connectivity index (χ1) is 7.25. The fourth-order valence-electron chi connectivity index (χ4n) is 1.96. The van der Waals surface area contributed by atoms with Crippen molar-refractivity contribution in [1.82, 2.24) is 14.7 Å². The van der Waals surface area contributed by atoms with Gasteiger partial charge in [-0.2, -0.15) is 5.10 Å². The van der Waals surface area contributed by atoms with E-state index in [1.54, 1.807) is 0 Å². The average molecular weight is 209 g/mol. The second-order valence-corrected chi connectivity index (χ2v) is 4.10. The molecule has 0 N–H and O–H groups in total. The van der Waals surface area contributed by atoms with Gasteiger partial charge in [-0.15, -0.1) is 0 Å². The van der Waals surface area contributed by atoms with Crippen LogP contribution in [0.4, 0.5) is 0 Å². The molecular formula is C11H19N3O. The molecule has 0 radical (unpaired) electrons. The van der Waals surface area contributed by atoms with Gasteiger partial charge in [0.25, 0.3) is 0 Å². The van der Waals surface area contributed by atoms with Crippen molar-refractivity contribution < 1.29 is 4.74 Å². The molecule has 4 heteroatoms. The highest BCUT2D eigenvalue weighted by Crippen LogP contribution is 2.03. The smallest absolute Gasteiger partial charge is 0.0596 e. The summed E-state index contributed by atoms with van der Waals surface area (Å²) in [6, 6.07) is 2.12. The predicted molar refractivity (Wildman–Crippen MR) is 59.0 cm³/mol. The molecule has 1 aliphatic rings. The normalized spacial score (nSPS) is 18.3. The molecule has 0 amide bonds. The van der Waals surface area contributed by atoms with Crippen LogP contribution in [0.15, 0.2) is 6.07 Å². The van der Waals surface area contributed by atoms with Crippen LogP contribution < -0.4 is 0 Å². The first-order valence-corrected chi connectivity index (χ1v) is 5.57. The van der Waals surface area contributed by atoms with Crippen LogP contribution in [0, 0.1) is 13.8 Å². The summed E-state index contributed by atoms with van der Waals surface area (Å²) in [5.41, 5.74) is 2.36. The molecule has 1 aliphatic heterocycles. The molecule has 1 aromatic rings. The number of rotatable bonds is 3. The van der Waals surface area contributed by atoms with E-state index in [2.05, 4.69) is 27.7 Å². The Morgan fingerprint density at radius 3 is 2.60 bits per heavy atom. The van der Waals surface area contributed by atoms with Gasteiger partial charge in [0, 0.05) is 25.3 Å². The van der Waals surface area contributed by atoms with Crippen LogP contribution in [0.3, 0.4) is 0 Å². The van der Waals surface area contributed by atoms with E-state index in [1.165, 1.54) is 5.69 Å². The number of aryl methyl sites for hydroxylation is 2. The van der Waals surface area contributed by atoms with Crippen LogP contribution in [0.25, 0.3) is 0 Å². The Kier molecular flexibility index (Phi) is 3.38. The van der Waals surface area contributed by atoms with Gasteiger partial charge < -0.3 is 4.74 Å². The van der Waals surface area contributed by atoms with Gasteiger partial charge in [-0.3, -0.25) is 9.58 Å². The molecule has 2 heterocycles. The monoisotopic (exact) mass is 209 g/mol. The molecule has 0 aromatic carbocycles. The molecule has 1 saturated heterocycles. The summed E-state index contributed by atoms with van der Waals surface area (Å²) in [7, 11) is 0. The van der Waals surface area contributed by atoms with Crippen molar-refractivity contribution in [3.8, 4) is 0 Å². The summed E-state index contributed by atoms with van der Waals surface area (Å²) < 4.78 is 7.40. The number of hydrogen-bond acceptors (Lipinski definition) is 3. The molecule has 1 fully saturated rings. The zero-order valence-corrected chi connectivity index (χ0v) is 9.57. The fraction of sp³-hybridized carbons (Fsp3) is 0.727. The predicted octanol–water partition coefficient (Wildman–Crippen LogP) is 0.832. The molecule has 0 spiro atoms. The molecule has 4 nitrogen and oxygen atoms in total. The topological polar surface area (TPSA) is 30.3 Å². The minimum atomic E-state index is 0.872. The molecule has 0 aliphatic carbocycles. The molecule has 0 bridgehead atoms. The summed E-state index contributed by atoms with van der Waals surface area (Å²) in [4.78, 5) is 2.43. The third-order valence-corrected chi connectivity index (χ3v) is 2.84. The van der Waals surface area contributed by atoms with Gasteiger partial charge in [-0.1, -0.05) is 0 Å². The van der Waals surface area contributed by atoms with Crippen molar-refractivity contribution in [2.24, 2.45) is 0 Å². The number of morpholine rings is 1. The second-order valence-electron chi connectivity index (χ2n) is 4.10. The maximum absolute atomic E-state index is 5.32. The lowest BCUT2D eigenvalue weighted by atomic mass is 10.4. The Balaban J connectivity index is 1.84. The number of nitrogens with zero attached hydrogens (tertiary/aromatic N) is 3. The first kappa shape index (κ1) is 10.6. The molecule has 2 rings (SSSR count). The van der Waals surface area contributed by atoms with E-state index in [4.69, 9.17) is 4.74 Å². The lowest BCUT2D eigenvalue weighted by molar-refractivity contribution is 0.0359. The van der Waals surface area contributed by atoms with Crippen LogP contribution in [0.5, 0.6) is 0 Å². The summed E-state index contributed by atoms with van der Waals surface area (Å²) in [6.07, 6.45) is 0. The van der Waals surface area contributed by atoms with Crippen LogP contribution in [0.1, 0.15) is 11.4 Å². The van der Waals surface area contributed by atoms with Gasteiger partial charge in [-0.25, -0.2) is 0 Å². The molecule has 84 valence electrons. The maximum atomic E-state index is 5.32. The van der Waals surface area contributed by atoms with Gasteiger partial charge in [0.1, 0.15) is 0 Å². The van der Waals surface area contributed by atoms with Crippen molar-refractivity contribution in [1.29, 1.82) is 0 Å². The van der Waals surface area contributed by atoms with Crippen LogP contribution in [-0.4, -0.2) is 47.5 Å². The Labute approximate surface area is 90.8 Å². The Morgan fingerprint density at radius 1 is 1.27 bits per heavy atom. The standard InChI is InChI=1S/C11H19N3O/c1-10-9-11(2)14(12-10)4-3-13-5-7-15-8-6-13/h9H,3-8H2,1-2H3. The minimum Gasteiger partial charge on any atom is -0.379 e. The maximum Gasteiger partial charge on any atom is 0.0596 e. The van der Waals surface area contributed by atoms with E-state index < -0.39 is 0 Å². The third-order valence-electron chi connectivity index (χ3n) is 2.84. The van der Waals surface area contributed by atoms with Gasteiger partial charge in [0.15, 0.2) is 0 Å². The average Bonchev–Trinajstić information content (AvgIpc) is 2.56. The van der Waals surface area contributed by atoms with E-state index in [9.17, 15) is 0 Å². The molecule has 15 heavy (non-hydrogen) atoms. The van der Waals surface area contributed by atoms with Crippen molar-refractivity contribution in [3.05, 3.63) is 17.5 Å². The molecule has 0 saturated carbocycles. The van der Waals surface area contributed by atoms with E-state index in [0.29, 0.717) is 0 Å². The Hall–Kier alpha value is -0.870. The van der Waals surface area contributed by atoms with Crippen LogP contribution >= 0.6 is 0 Å². The number of ether oxygens (including phenoxy) is 1. The summed E-state index contributed by atoms with van der Waals surface area (Å²) in [5, 5.41) is 4.45. The molecular weight excluding hydrogens is 190 g/mol. The SMILES string of the molecule is Cc1cc(C)n(CCN2CCOCC2)n1. The van der Waals surface area contributed by atoms with E-state index in [-0.39, 0.29) is 0 Å². The molecule has 0 unspecified atom stereocenters. The third kappa shape index (κ3) is 2.79. The van der Waals surface area contributed by atoms with Gasteiger partial charge in [0.2, 0.25) is 0 Å². The van der Waals surface area contributed by atoms with Crippen molar-refractivity contribution in [2.45, 2.75) is 20.4 Å². The number of aromatic nitrogens is 2. The Bertz CT molecular complexity index is 316. The highest BCUT2D eigenvalue weighted by molar-refractivity contribution is 5.06. The largest absolute Gasteiger partial charge is 0.379 e. The fourth-order valence-corrected chi connectivity index (χ4v) is 1.96. The highest BCUT2D eigenvalue weighted by atomic mass is 16.5. The highest BCUT2D eigenvalue weighted by Gasteiger charge is 2.10. The van der Waals surface area contributed by atoms with Crippen molar-refractivity contribution >= 4 is 0 Å². The van der Waals surface area contributed by atoms with Crippen LogP contribution in [-0.2, 0) is 11.3 Å². The second kappa shape index (κ2) is 4.77.